The Bertz CT molecular complexity index is 967. The number of hydrogen-bond acceptors (Lipinski definition) is 3. The third kappa shape index (κ3) is 4.34. The van der Waals surface area contributed by atoms with E-state index in [1.165, 1.54) is 10.4 Å². The SMILES string of the molecule is Cc1ccc(NC(=O)c2cc(S(=O)(=O)N3CCCCC3)ccc2C)c(Cl)c1. The molecule has 0 aliphatic carbocycles. The van der Waals surface area contributed by atoms with E-state index in [2.05, 4.69) is 5.32 Å². The van der Waals surface area contributed by atoms with Gasteiger partial charge in [-0.15, -0.1) is 0 Å². The summed E-state index contributed by atoms with van der Waals surface area (Å²) in [5.41, 5.74) is 2.51. The molecule has 1 N–H and O–H groups in total. The van der Waals surface area contributed by atoms with Crippen LogP contribution in [-0.4, -0.2) is 31.7 Å². The maximum absolute atomic E-state index is 12.9. The second-order valence-corrected chi connectivity index (χ2v) is 9.22. The topological polar surface area (TPSA) is 66.5 Å². The lowest BCUT2D eigenvalue weighted by atomic mass is 10.1. The van der Waals surface area contributed by atoms with Crippen LogP contribution in [0.25, 0.3) is 0 Å². The molecule has 2 aromatic carbocycles. The molecular weight excluding hydrogens is 384 g/mol. The maximum Gasteiger partial charge on any atom is 0.256 e. The summed E-state index contributed by atoms with van der Waals surface area (Å²) in [6.07, 6.45) is 2.78. The van der Waals surface area contributed by atoms with Crippen LogP contribution in [0.15, 0.2) is 41.3 Å². The lowest BCUT2D eigenvalue weighted by Crippen LogP contribution is -2.35. The summed E-state index contributed by atoms with van der Waals surface area (Å²) < 4.78 is 27.3. The molecule has 0 aromatic heterocycles. The molecule has 27 heavy (non-hydrogen) atoms. The van der Waals surface area contributed by atoms with Gasteiger partial charge in [0.2, 0.25) is 10.0 Å². The van der Waals surface area contributed by atoms with Gasteiger partial charge < -0.3 is 5.32 Å². The van der Waals surface area contributed by atoms with Crippen molar-refractivity contribution in [2.75, 3.05) is 18.4 Å². The second kappa shape index (κ2) is 8.00. The number of amides is 1. The predicted octanol–water partition coefficient (Wildman–Crippen LogP) is 4.38. The number of carbonyl (C=O) groups excluding carboxylic acids is 1. The Labute approximate surface area is 165 Å². The summed E-state index contributed by atoms with van der Waals surface area (Å²) in [6, 6.07) is 10.0. The van der Waals surface area contributed by atoms with Gasteiger partial charge in [0, 0.05) is 18.7 Å². The number of aryl methyl sites for hydroxylation is 2. The number of anilines is 1. The maximum atomic E-state index is 12.9. The van der Waals surface area contributed by atoms with Gasteiger partial charge in [-0.2, -0.15) is 4.31 Å². The molecule has 2 aromatic rings. The zero-order chi connectivity index (χ0) is 19.6. The standard InChI is InChI=1S/C20H23ClN2O3S/c1-14-6-9-19(18(21)12-14)22-20(24)17-13-16(8-7-15(17)2)27(25,26)23-10-4-3-5-11-23/h6-9,12-13H,3-5,10-11H2,1-2H3,(H,22,24). The van der Waals surface area contributed by atoms with Gasteiger partial charge in [-0.1, -0.05) is 30.2 Å². The first-order chi connectivity index (χ1) is 12.8. The zero-order valence-corrected chi connectivity index (χ0v) is 17.0. The minimum absolute atomic E-state index is 0.148. The molecule has 144 valence electrons. The van der Waals surface area contributed by atoms with Crippen molar-refractivity contribution in [3.8, 4) is 0 Å². The first-order valence-electron chi connectivity index (χ1n) is 8.97. The molecule has 1 aliphatic heterocycles. The van der Waals surface area contributed by atoms with E-state index in [9.17, 15) is 13.2 Å². The molecule has 1 fully saturated rings. The number of rotatable bonds is 4. The van der Waals surface area contributed by atoms with E-state index >= 15 is 0 Å². The van der Waals surface area contributed by atoms with Crippen LogP contribution in [0.1, 0.15) is 40.7 Å². The van der Waals surface area contributed by atoms with Crippen molar-refractivity contribution in [3.05, 3.63) is 58.1 Å². The number of halogens is 1. The zero-order valence-electron chi connectivity index (χ0n) is 15.5. The van der Waals surface area contributed by atoms with Gasteiger partial charge in [-0.3, -0.25) is 4.79 Å². The number of sulfonamides is 1. The molecule has 0 saturated carbocycles. The Morgan fingerprint density at radius 2 is 1.74 bits per heavy atom. The number of carbonyl (C=O) groups is 1. The highest BCUT2D eigenvalue weighted by atomic mass is 35.5. The number of nitrogens with one attached hydrogen (secondary N) is 1. The van der Waals surface area contributed by atoms with Crippen LogP contribution in [0.3, 0.4) is 0 Å². The lowest BCUT2D eigenvalue weighted by Gasteiger charge is -2.26. The quantitative estimate of drug-likeness (QED) is 0.819. The van der Waals surface area contributed by atoms with E-state index in [0.717, 1.165) is 24.8 Å². The smallest absolute Gasteiger partial charge is 0.256 e. The van der Waals surface area contributed by atoms with Crippen LogP contribution in [0, 0.1) is 13.8 Å². The molecule has 7 heteroatoms. The largest absolute Gasteiger partial charge is 0.321 e. The van der Waals surface area contributed by atoms with E-state index in [1.807, 2.05) is 13.0 Å². The summed E-state index contributed by atoms with van der Waals surface area (Å²) in [7, 11) is -3.59. The van der Waals surface area contributed by atoms with Crippen molar-refractivity contribution >= 4 is 33.2 Å². The van der Waals surface area contributed by atoms with Gasteiger partial charge in [-0.25, -0.2) is 8.42 Å². The molecule has 1 amide bonds. The molecule has 5 nitrogen and oxygen atoms in total. The Kier molecular flexibility index (Phi) is 5.89. The van der Waals surface area contributed by atoms with Gasteiger partial charge >= 0.3 is 0 Å². The molecule has 1 heterocycles. The molecule has 0 radical (unpaired) electrons. The lowest BCUT2D eigenvalue weighted by molar-refractivity contribution is 0.102. The van der Waals surface area contributed by atoms with Gasteiger partial charge in [-0.05, 0) is 62.1 Å². The first kappa shape index (κ1) is 19.9. The van der Waals surface area contributed by atoms with Crippen LogP contribution in [-0.2, 0) is 10.0 Å². The van der Waals surface area contributed by atoms with E-state index < -0.39 is 10.0 Å². The van der Waals surface area contributed by atoms with Crippen LogP contribution in [0.2, 0.25) is 5.02 Å². The second-order valence-electron chi connectivity index (χ2n) is 6.88. The summed E-state index contributed by atoms with van der Waals surface area (Å²) in [4.78, 5) is 12.9. The highest BCUT2D eigenvalue weighted by molar-refractivity contribution is 7.89. The highest BCUT2D eigenvalue weighted by Gasteiger charge is 2.27. The van der Waals surface area contributed by atoms with Crippen molar-refractivity contribution < 1.29 is 13.2 Å². The van der Waals surface area contributed by atoms with Gasteiger partial charge in [0.15, 0.2) is 0 Å². The fraction of sp³-hybridized carbons (Fsp3) is 0.350. The molecule has 1 saturated heterocycles. The van der Waals surface area contributed by atoms with Crippen LogP contribution < -0.4 is 5.32 Å². The van der Waals surface area contributed by atoms with Crippen molar-refractivity contribution in [1.29, 1.82) is 0 Å². The van der Waals surface area contributed by atoms with Crippen molar-refractivity contribution in [2.24, 2.45) is 0 Å². The molecular formula is C20H23ClN2O3S. The number of benzene rings is 2. The van der Waals surface area contributed by atoms with E-state index in [-0.39, 0.29) is 10.8 Å². The Morgan fingerprint density at radius 3 is 2.41 bits per heavy atom. The molecule has 3 rings (SSSR count). The van der Waals surface area contributed by atoms with Crippen LogP contribution >= 0.6 is 11.6 Å². The highest BCUT2D eigenvalue weighted by Crippen LogP contribution is 2.26. The number of hydrogen-bond donors (Lipinski definition) is 1. The number of nitrogens with zero attached hydrogens (tertiary/aromatic N) is 1. The van der Waals surface area contributed by atoms with Gasteiger partial charge in [0.1, 0.15) is 0 Å². The molecule has 1 aliphatic rings. The van der Waals surface area contributed by atoms with Gasteiger partial charge in [0.05, 0.1) is 15.6 Å². The monoisotopic (exact) mass is 406 g/mol. The first-order valence-corrected chi connectivity index (χ1v) is 10.8. The van der Waals surface area contributed by atoms with E-state index in [1.54, 1.807) is 31.2 Å². The van der Waals surface area contributed by atoms with Crippen molar-refractivity contribution in [3.63, 3.8) is 0 Å². The fourth-order valence-corrected chi connectivity index (χ4v) is 5.00. The Balaban J connectivity index is 1.89. The third-order valence-electron chi connectivity index (χ3n) is 4.78. The summed E-state index contributed by atoms with van der Waals surface area (Å²) in [6.45, 7) is 4.74. The van der Waals surface area contributed by atoms with E-state index in [4.69, 9.17) is 11.6 Å². The summed E-state index contributed by atoms with van der Waals surface area (Å²) >= 11 is 6.19. The van der Waals surface area contributed by atoms with Crippen molar-refractivity contribution in [1.82, 2.24) is 4.31 Å². The predicted molar refractivity (Wildman–Crippen MR) is 108 cm³/mol. The minimum Gasteiger partial charge on any atom is -0.321 e. The Hall–Kier alpha value is -1.89. The summed E-state index contributed by atoms with van der Waals surface area (Å²) in [5.74, 6) is -0.381. The number of piperidine rings is 1. The Morgan fingerprint density at radius 1 is 1.04 bits per heavy atom. The molecule has 0 atom stereocenters. The van der Waals surface area contributed by atoms with Gasteiger partial charge in [0.25, 0.3) is 5.91 Å². The molecule has 0 unspecified atom stereocenters. The summed E-state index contributed by atoms with van der Waals surface area (Å²) in [5, 5.41) is 3.22. The minimum atomic E-state index is -3.59. The average molecular weight is 407 g/mol. The molecule has 0 bridgehead atoms. The van der Waals surface area contributed by atoms with E-state index in [0.29, 0.717) is 34.9 Å². The van der Waals surface area contributed by atoms with Crippen molar-refractivity contribution in [2.45, 2.75) is 38.0 Å². The average Bonchev–Trinajstić information content (AvgIpc) is 2.65. The van der Waals surface area contributed by atoms with Crippen LogP contribution in [0.4, 0.5) is 5.69 Å². The fourth-order valence-electron chi connectivity index (χ4n) is 3.17. The third-order valence-corrected chi connectivity index (χ3v) is 6.99. The normalized spacial score (nSPS) is 15.5. The molecule has 0 spiro atoms. The van der Waals surface area contributed by atoms with Crippen LogP contribution in [0.5, 0.6) is 0 Å².